The van der Waals surface area contributed by atoms with Gasteiger partial charge in [0.05, 0.1) is 28.4 Å². The van der Waals surface area contributed by atoms with E-state index in [0.717, 1.165) is 0 Å². The molecular formula is C19H18O7. The van der Waals surface area contributed by atoms with Crippen molar-refractivity contribution in [3.8, 4) is 40.1 Å². The van der Waals surface area contributed by atoms with E-state index in [-0.39, 0.29) is 45.5 Å². The molecule has 0 aliphatic carbocycles. The van der Waals surface area contributed by atoms with Crippen LogP contribution in [-0.4, -0.2) is 33.5 Å². The van der Waals surface area contributed by atoms with Crippen molar-refractivity contribution in [2.45, 2.75) is 0 Å². The Morgan fingerprint density at radius 3 is 1.92 bits per heavy atom. The molecule has 0 spiro atoms. The fourth-order valence-electron chi connectivity index (χ4n) is 2.85. The summed E-state index contributed by atoms with van der Waals surface area (Å²) in [5.41, 5.74) is 0.0429. The average molecular weight is 358 g/mol. The lowest BCUT2D eigenvalue weighted by atomic mass is 10.1. The maximum atomic E-state index is 13.1. The van der Waals surface area contributed by atoms with Crippen molar-refractivity contribution in [2.75, 3.05) is 28.4 Å². The number of hydrogen-bond acceptors (Lipinski definition) is 7. The van der Waals surface area contributed by atoms with Crippen LogP contribution in [0.2, 0.25) is 0 Å². The number of benzene rings is 2. The second-order valence-electron chi connectivity index (χ2n) is 5.31. The number of phenols is 1. The molecule has 26 heavy (non-hydrogen) atoms. The van der Waals surface area contributed by atoms with Crippen LogP contribution >= 0.6 is 0 Å². The summed E-state index contributed by atoms with van der Waals surface area (Å²) in [6, 6.07) is 8.97. The number of aromatic hydroxyl groups is 1. The highest BCUT2D eigenvalue weighted by molar-refractivity contribution is 5.96. The van der Waals surface area contributed by atoms with Crippen molar-refractivity contribution in [3.63, 3.8) is 0 Å². The van der Waals surface area contributed by atoms with Crippen LogP contribution < -0.4 is 24.4 Å². The summed E-state index contributed by atoms with van der Waals surface area (Å²) in [4.78, 5) is 13.1. The fourth-order valence-corrected chi connectivity index (χ4v) is 2.85. The Morgan fingerprint density at radius 2 is 1.38 bits per heavy atom. The molecule has 1 heterocycles. The van der Waals surface area contributed by atoms with Gasteiger partial charge in [-0.2, -0.15) is 0 Å². The van der Waals surface area contributed by atoms with Gasteiger partial charge in [0.15, 0.2) is 17.1 Å². The molecule has 7 nitrogen and oxygen atoms in total. The van der Waals surface area contributed by atoms with Gasteiger partial charge in [-0.3, -0.25) is 4.79 Å². The number of methoxy groups -OCH3 is 4. The van der Waals surface area contributed by atoms with E-state index in [2.05, 4.69) is 0 Å². The van der Waals surface area contributed by atoms with Gasteiger partial charge in [-0.1, -0.05) is 30.3 Å². The van der Waals surface area contributed by atoms with Crippen molar-refractivity contribution in [3.05, 3.63) is 40.6 Å². The molecule has 1 N–H and O–H groups in total. The van der Waals surface area contributed by atoms with Crippen molar-refractivity contribution < 1.29 is 28.5 Å². The summed E-state index contributed by atoms with van der Waals surface area (Å²) in [7, 11) is 5.49. The molecule has 7 heteroatoms. The number of ether oxygens (including phenoxy) is 4. The quantitative estimate of drug-likeness (QED) is 0.749. The van der Waals surface area contributed by atoms with Crippen LogP contribution in [0.4, 0.5) is 0 Å². The van der Waals surface area contributed by atoms with Crippen LogP contribution in [0.3, 0.4) is 0 Å². The molecule has 0 saturated carbocycles. The minimum absolute atomic E-state index is 0.000758. The molecular weight excluding hydrogens is 340 g/mol. The third-order valence-corrected chi connectivity index (χ3v) is 3.99. The lowest BCUT2D eigenvalue weighted by molar-refractivity contribution is 0.311. The maximum absolute atomic E-state index is 13.1. The molecule has 0 unspecified atom stereocenters. The van der Waals surface area contributed by atoms with E-state index in [1.165, 1.54) is 28.4 Å². The van der Waals surface area contributed by atoms with Crippen molar-refractivity contribution in [1.29, 1.82) is 0 Å². The summed E-state index contributed by atoms with van der Waals surface area (Å²) in [6.45, 7) is 0. The van der Waals surface area contributed by atoms with Gasteiger partial charge in [-0.25, -0.2) is 0 Å². The van der Waals surface area contributed by atoms with Crippen LogP contribution in [0.1, 0.15) is 0 Å². The van der Waals surface area contributed by atoms with Gasteiger partial charge in [0, 0.05) is 5.56 Å². The Hall–Kier alpha value is -3.35. The topological polar surface area (TPSA) is 87.4 Å². The highest BCUT2D eigenvalue weighted by atomic mass is 16.5. The largest absolute Gasteiger partial charge is 0.502 e. The van der Waals surface area contributed by atoms with E-state index in [9.17, 15) is 9.90 Å². The molecule has 3 aromatic rings. The predicted molar refractivity (Wildman–Crippen MR) is 95.8 cm³/mol. The Bertz CT molecular complexity index is 1010. The van der Waals surface area contributed by atoms with Crippen molar-refractivity contribution >= 4 is 11.0 Å². The fraction of sp³-hybridized carbons (Fsp3) is 0.211. The number of hydrogen-bond donors (Lipinski definition) is 1. The molecule has 0 aliphatic rings. The molecule has 0 radical (unpaired) electrons. The molecule has 2 aromatic carbocycles. The molecule has 0 saturated heterocycles. The minimum atomic E-state index is -0.499. The zero-order valence-corrected chi connectivity index (χ0v) is 14.8. The zero-order chi connectivity index (χ0) is 18.8. The van der Waals surface area contributed by atoms with E-state index < -0.39 is 5.43 Å². The van der Waals surface area contributed by atoms with Gasteiger partial charge in [0.1, 0.15) is 5.39 Å². The predicted octanol–water partition coefficient (Wildman–Crippen LogP) is 3.20. The first-order valence-electron chi connectivity index (χ1n) is 7.70. The molecule has 0 amide bonds. The SMILES string of the molecule is COc1c(OC)c(OC)c2c(=O)c(OC)c(-c3ccccc3)oc2c1O. The van der Waals surface area contributed by atoms with Gasteiger partial charge in [-0.15, -0.1) is 0 Å². The summed E-state index contributed by atoms with van der Waals surface area (Å²) < 4.78 is 27.0. The second kappa shape index (κ2) is 6.87. The van der Waals surface area contributed by atoms with Crippen LogP contribution in [0.5, 0.6) is 28.7 Å². The summed E-state index contributed by atoms with van der Waals surface area (Å²) >= 11 is 0. The smallest absolute Gasteiger partial charge is 0.239 e. The zero-order valence-electron chi connectivity index (χ0n) is 14.8. The molecule has 0 bridgehead atoms. The monoisotopic (exact) mass is 358 g/mol. The maximum Gasteiger partial charge on any atom is 0.239 e. The first kappa shape index (κ1) is 17.5. The normalized spacial score (nSPS) is 10.6. The Morgan fingerprint density at radius 1 is 0.808 bits per heavy atom. The van der Waals surface area contributed by atoms with E-state index >= 15 is 0 Å². The second-order valence-corrected chi connectivity index (χ2v) is 5.31. The van der Waals surface area contributed by atoms with Gasteiger partial charge in [0.2, 0.25) is 28.4 Å². The van der Waals surface area contributed by atoms with Crippen molar-refractivity contribution in [2.24, 2.45) is 0 Å². The average Bonchev–Trinajstić information content (AvgIpc) is 2.68. The van der Waals surface area contributed by atoms with Gasteiger partial charge in [0.25, 0.3) is 0 Å². The highest BCUT2D eigenvalue weighted by Crippen LogP contribution is 2.50. The molecule has 0 aliphatic heterocycles. The van der Waals surface area contributed by atoms with E-state index in [1.807, 2.05) is 6.07 Å². The molecule has 3 rings (SSSR count). The Labute approximate surface area is 149 Å². The van der Waals surface area contributed by atoms with Gasteiger partial charge < -0.3 is 28.5 Å². The molecule has 0 fully saturated rings. The Balaban J connectivity index is 2.53. The number of fused-ring (bicyclic) bond motifs is 1. The van der Waals surface area contributed by atoms with Crippen molar-refractivity contribution in [1.82, 2.24) is 0 Å². The van der Waals surface area contributed by atoms with E-state index in [1.54, 1.807) is 24.3 Å². The lowest BCUT2D eigenvalue weighted by Gasteiger charge is -2.17. The number of rotatable bonds is 5. The summed E-state index contributed by atoms with van der Waals surface area (Å²) in [5.74, 6) is -0.00400. The Kier molecular flexibility index (Phi) is 4.62. The lowest BCUT2D eigenvalue weighted by Crippen LogP contribution is -2.10. The van der Waals surface area contributed by atoms with Gasteiger partial charge in [-0.05, 0) is 0 Å². The molecule has 1 aromatic heterocycles. The molecule has 0 atom stereocenters. The minimum Gasteiger partial charge on any atom is -0.502 e. The highest BCUT2D eigenvalue weighted by Gasteiger charge is 2.29. The van der Waals surface area contributed by atoms with Crippen LogP contribution in [0.25, 0.3) is 22.3 Å². The first-order valence-corrected chi connectivity index (χ1v) is 7.70. The van der Waals surface area contributed by atoms with E-state index in [4.69, 9.17) is 23.4 Å². The van der Waals surface area contributed by atoms with Crippen LogP contribution in [0.15, 0.2) is 39.5 Å². The van der Waals surface area contributed by atoms with Gasteiger partial charge >= 0.3 is 0 Å². The third-order valence-electron chi connectivity index (χ3n) is 3.99. The summed E-state index contributed by atoms with van der Waals surface area (Å²) in [6.07, 6.45) is 0. The van der Waals surface area contributed by atoms with E-state index in [0.29, 0.717) is 5.56 Å². The van der Waals surface area contributed by atoms with Crippen LogP contribution in [-0.2, 0) is 0 Å². The standard InChI is InChI=1S/C19H18O7/c1-22-16-11-12(20)17(23-2)14(10-8-6-5-7-9-10)26-15(11)13(21)18(24-3)19(16)25-4/h5-9,21H,1-4H3. The van der Waals surface area contributed by atoms with Crippen LogP contribution in [0, 0.1) is 0 Å². The third kappa shape index (κ3) is 2.48. The first-order chi connectivity index (χ1) is 12.6. The summed E-state index contributed by atoms with van der Waals surface area (Å²) in [5, 5.41) is 10.6. The number of phenolic OH excluding ortho intramolecular Hbond substituents is 1. The molecule has 136 valence electrons.